The van der Waals surface area contributed by atoms with E-state index < -0.39 is 6.10 Å². The van der Waals surface area contributed by atoms with Crippen molar-refractivity contribution < 1.29 is 9.52 Å². The zero-order chi connectivity index (χ0) is 14.0. The Morgan fingerprint density at radius 1 is 1.42 bits per heavy atom. The van der Waals surface area contributed by atoms with Crippen molar-refractivity contribution >= 4 is 23.2 Å². The minimum absolute atomic E-state index is 0.210. The van der Waals surface area contributed by atoms with Gasteiger partial charge in [-0.1, -0.05) is 18.5 Å². The third-order valence-corrected chi connectivity index (χ3v) is 3.83. The number of rotatable bonds is 5. The highest BCUT2D eigenvalue weighted by atomic mass is 35.5. The molecule has 0 amide bonds. The predicted molar refractivity (Wildman–Crippen MR) is 74.7 cm³/mol. The highest BCUT2D eigenvalue weighted by molar-refractivity contribution is 6.32. The van der Waals surface area contributed by atoms with Gasteiger partial charge in [0.05, 0.1) is 28.8 Å². The maximum atomic E-state index is 10.2. The van der Waals surface area contributed by atoms with E-state index in [-0.39, 0.29) is 5.22 Å². The highest BCUT2D eigenvalue weighted by Gasteiger charge is 2.21. The monoisotopic (exact) mass is 302 g/mol. The Morgan fingerprint density at radius 3 is 2.68 bits per heavy atom. The highest BCUT2D eigenvalue weighted by Crippen LogP contribution is 2.30. The van der Waals surface area contributed by atoms with Crippen molar-refractivity contribution in [1.82, 2.24) is 9.78 Å². The molecule has 0 bridgehead atoms. The van der Waals surface area contributed by atoms with Gasteiger partial charge in [-0.25, -0.2) is 0 Å². The molecule has 1 N–H and O–H groups in total. The molecule has 4 nitrogen and oxygen atoms in total. The SMILES string of the molecule is CCc1nn(CC)c(CC(O)c2ccoc2Cl)c1Cl. The number of hydrogen-bond donors (Lipinski definition) is 1. The maximum Gasteiger partial charge on any atom is 0.198 e. The Bertz CT molecular complexity index is 563. The maximum absolute atomic E-state index is 10.2. The van der Waals surface area contributed by atoms with E-state index in [2.05, 4.69) is 5.10 Å². The Balaban J connectivity index is 2.28. The van der Waals surface area contributed by atoms with Crippen molar-refractivity contribution in [1.29, 1.82) is 0 Å². The van der Waals surface area contributed by atoms with Gasteiger partial charge in [-0.3, -0.25) is 4.68 Å². The average molecular weight is 303 g/mol. The average Bonchev–Trinajstić information content (AvgIpc) is 2.95. The zero-order valence-corrected chi connectivity index (χ0v) is 12.4. The molecule has 2 rings (SSSR count). The van der Waals surface area contributed by atoms with Crippen LogP contribution < -0.4 is 0 Å². The van der Waals surface area contributed by atoms with Gasteiger partial charge in [0.1, 0.15) is 0 Å². The quantitative estimate of drug-likeness (QED) is 0.917. The van der Waals surface area contributed by atoms with E-state index in [0.717, 1.165) is 17.8 Å². The van der Waals surface area contributed by atoms with Gasteiger partial charge < -0.3 is 9.52 Å². The van der Waals surface area contributed by atoms with Crippen LogP contribution in [0, 0.1) is 0 Å². The molecule has 0 fully saturated rings. The van der Waals surface area contributed by atoms with Crippen LogP contribution in [0.25, 0.3) is 0 Å². The third-order valence-electron chi connectivity index (χ3n) is 3.09. The fraction of sp³-hybridized carbons (Fsp3) is 0.462. The van der Waals surface area contributed by atoms with Gasteiger partial charge in [0.25, 0.3) is 0 Å². The molecule has 2 heterocycles. The fourth-order valence-electron chi connectivity index (χ4n) is 2.05. The molecule has 19 heavy (non-hydrogen) atoms. The molecule has 0 saturated carbocycles. The summed E-state index contributed by atoms with van der Waals surface area (Å²) in [5, 5.41) is 15.5. The molecule has 0 aliphatic rings. The second kappa shape index (κ2) is 5.99. The first-order valence-corrected chi connectivity index (χ1v) is 6.99. The number of aliphatic hydroxyl groups is 1. The van der Waals surface area contributed by atoms with Crippen LogP contribution >= 0.6 is 23.2 Å². The third kappa shape index (κ3) is 2.81. The summed E-state index contributed by atoms with van der Waals surface area (Å²) < 4.78 is 6.80. The van der Waals surface area contributed by atoms with E-state index in [9.17, 15) is 5.11 Å². The van der Waals surface area contributed by atoms with Crippen LogP contribution in [0.3, 0.4) is 0 Å². The first-order chi connectivity index (χ1) is 9.08. The second-order valence-electron chi connectivity index (χ2n) is 4.25. The lowest BCUT2D eigenvalue weighted by atomic mass is 10.1. The van der Waals surface area contributed by atoms with Crippen LogP contribution in [-0.4, -0.2) is 14.9 Å². The summed E-state index contributed by atoms with van der Waals surface area (Å²) in [4.78, 5) is 0. The minimum atomic E-state index is -0.754. The Kier molecular flexibility index (Phi) is 4.55. The lowest BCUT2D eigenvalue weighted by Crippen LogP contribution is -2.08. The van der Waals surface area contributed by atoms with Crippen LogP contribution in [0.5, 0.6) is 0 Å². The van der Waals surface area contributed by atoms with Crippen molar-refractivity contribution in [3.8, 4) is 0 Å². The lowest BCUT2D eigenvalue weighted by Gasteiger charge is -2.11. The predicted octanol–water partition coefficient (Wildman–Crippen LogP) is 3.64. The Hall–Kier alpha value is -0.970. The lowest BCUT2D eigenvalue weighted by molar-refractivity contribution is 0.174. The van der Waals surface area contributed by atoms with E-state index in [4.69, 9.17) is 27.6 Å². The van der Waals surface area contributed by atoms with Crippen molar-refractivity contribution in [2.24, 2.45) is 0 Å². The molecule has 104 valence electrons. The summed E-state index contributed by atoms with van der Waals surface area (Å²) in [6.45, 7) is 4.70. The molecular weight excluding hydrogens is 287 g/mol. The van der Waals surface area contributed by atoms with Gasteiger partial charge in [0.2, 0.25) is 0 Å². The molecule has 2 aromatic rings. The van der Waals surface area contributed by atoms with Crippen LogP contribution in [0.15, 0.2) is 16.7 Å². The Morgan fingerprint density at radius 2 is 2.16 bits per heavy atom. The molecule has 0 aromatic carbocycles. The van der Waals surface area contributed by atoms with Crippen molar-refractivity contribution in [2.45, 2.75) is 39.3 Å². The molecule has 0 saturated heterocycles. The zero-order valence-electron chi connectivity index (χ0n) is 10.9. The molecule has 1 atom stereocenters. The molecule has 2 aromatic heterocycles. The second-order valence-corrected chi connectivity index (χ2v) is 4.97. The number of furan rings is 1. The van der Waals surface area contributed by atoms with E-state index >= 15 is 0 Å². The standard InChI is InChI=1S/C13H16Cl2N2O2/c1-3-9-12(14)10(17(4-2)16-9)7-11(18)8-5-6-19-13(8)15/h5-6,11,18H,3-4,7H2,1-2H3. The van der Waals surface area contributed by atoms with Crippen LogP contribution in [0.1, 0.15) is 36.9 Å². The molecule has 0 aliphatic heterocycles. The molecular formula is C13H16Cl2N2O2. The molecule has 0 spiro atoms. The van der Waals surface area contributed by atoms with Crippen LogP contribution in [0.2, 0.25) is 10.2 Å². The summed E-state index contributed by atoms with van der Waals surface area (Å²) in [6, 6.07) is 1.66. The summed E-state index contributed by atoms with van der Waals surface area (Å²) >= 11 is 12.2. The van der Waals surface area contributed by atoms with E-state index in [1.807, 2.05) is 18.5 Å². The van der Waals surface area contributed by atoms with Crippen molar-refractivity contribution in [3.63, 3.8) is 0 Å². The molecule has 0 radical (unpaired) electrons. The first kappa shape index (κ1) is 14.4. The number of hydrogen-bond acceptors (Lipinski definition) is 3. The topological polar surface area (TPSA) is 51.2 Å². The Labute approximate surface area is 121 Å². The van der Waals surface area contributed by atoms with Gasteiger partial charge in [0, 0.05) is 18.5 Å². The van der Waals surface area contributed by atoms with E-state index in [0.29, 0.717) is 23.6 Å². The summed E-state index contributed by atoms with van der Waals surface area (Å²) in [5.41, 5.74) is 2.24. The van der Waals surface area contributed by atoms with E-state index in [1.165, 1.54) is 6.26 Å². The number of aryl methyl sites for hydroxylation is 2. The summed E-state index contributed by atoms with van der Waals surface area (Å²) in [7, 11) is 0. The van der Waals surface area contributed by atoms with Crippen molar-refractivity contribution in [3.05, 3.63) is 39.5 Å². The van der Waals surface area contributed by atoms with Gasteiger partial charge in [-0.15, -0.1) is 0 Å². The molecule has 6 heteroatoms. The smallest absolute Gasteiger partial charge is 0.198 e. The van der Waals surface area contributed by atoms with Crippen LogP contribution in [0.4, 0.5) is 0 Å². The number of aromatic nitrogens is 2. The van der Waals surface area contributed by atoms with Crippen LogP contribution in [-0.2, 0) is 19.4 Å². The van der Waals surface area contributed by atoms with E-state index in [1.54, 1.807) is 6.07 Å². The van der Waals surface area contributed by atoms with Crippen molar-refractivity contribution in [2.75, 3.05) is 0 Å². The number of halogens is 2. The fourth-order valence-corrected chi connectivity index (χ4v) is 2.63. The largest absolute Gasteiger partial charge is 0.453 e. The number of nitrogens with zero attached hydrogens (tertiary/aromatic N) is 2. The van der Waals surface area contributed by atoms with Gasteiger partial charge >= 0.3 is 0 Å². The normalized spacial score (nSPS) is 12.9. The van der Waals surface area contributed by atoms with Gasteiger partial charge in [-0.05, 0) is 31.0 Å². The summed E-state index contributed by atoms with van der Waals surface area (Å²) in [6.07, 6.45) is 1.83. The number of aliphatic hydroxyl groups excluding tert-OH is 1. The molecule has 0 aliphatic carbocycles. The minimum Gasteiger partial charge on any atom is -0.453 e. The molecule has 1 unspecified atom stereocenters. The van der Waals surface area contributed by atoms with Gasteiger partial charge in [-0.2, -0.15) is 5.10 Å². The van der Waals surface area contributed by atoms with Gasteiger partial charge in [0.15, 0.2) is 5.22 Å². The summed E-state index contributed by atoms with van der Waals surface area (Å²) in [5.74, 6) is 0. The first-order valence-electron chi connectivity index (χ1n) is 6.23.